The smallest absolute Gasteiger partial charge is 0.241 e. The zero-order valence-electron chi connectivity index (χ0n) is 14.1. The van der Waals surface area contributed by atoms with Crippen LogP contribution >= 0.6 is 0 Å². The van der Waals surface area contributed by atoms with Gasteiger partial charge in [0.25, 0.3) is 0 Å². The first-order valence-corrected chi connectivity index (χ1v) is 7.74. The monoisotopic (exact) mass is 291 g/mol. The Labute approximate surface area is 129 Å². The lowest BCUT2D eigenvalue weighted by molar-refractivity contribution is -0.127. The number of carbonyl (C=O) groups excluding carboxylic acids is 1. The zero-order valence-corrected chi connectivity index (χ0v) is 14.1. The SMILES string of the molecule is CCCNCc1ccc(N(CC)CC(=O)N(C)C)cc1C. The van der Waals surface area contributed by atoms with Gasteiger partial charge in [0.05, 0.1) is 6.54 Å². The van der Waals surface area contributed by atoms with E-state index in [2.05, 4.69) is 49.2 Å². The molecule has 1 rings (SSSR count). The van der Waals surface area contributed by atoms with Crippen LogP contribution in [-0.4, -0.2) is 44.5 Å². The number of hydrogen-bond donors (Lipinski definition) is 1. The van der Waals surface area contributed by atoms with Crippen molar-refractivity contribution in [1.82, 2.24) is 10.2 Å². The third kappa shape index (κ3) is 5.38. The normalized spacial score (nSPS) is 10.5. The standard InChI is InChI=1S/C17H29N3O/c1-6-10-18-12-15-8-9-16(11-14(15)3)20(7-2)13-17(21)19(4)5/h8-9,11,18H,6-7,10,12-13H2,1-5H3. The highest BCUT2D eigenvalue weighted by Gasteiger charge is 2.12. The van der Waals surface area contributed by atoms with Crippen LogP contribution in [0.1, 0.15) is 31.4 Å². The molecule has 1 aromatic carbocycles. The maximum Gasteiger partial charge on any atom is 0.241 e. The lowest BCUT2D eigenvalue weighted by Gasteiger charge is -2.25. The van der Waals surface area contributed by atoms with Gasteiger partial charge in [-0.15, -0.1) is 0 Å². The minimum Gasteiger partial charge on any atom is -0.362 e. The van der Waals surface area contributed by atoms with Crippen molar-refractivity contribution in [3.8, 4) is 0 Å². The Hall–Kier alpha value is -1.55. The maximum atomic E-state index is 11.9. The van der Waals surface area contributed by atoms with Crippen molar-refractivity contribution in [2.24, 2.45) is 0 Å². The highest BCUT2D eigenvalue weighted by molar-refractivity contribution is 5.81. The molecule has 0 bridgehead atoms. The molecule has 0 heterocycles. The van der Waals surface area contributed by atoms with E-state index in [-0.39, 0.29) is 5.91 Å². The largest absolute Gasteiger partial charge is 0.362 e. The van der Waals surface area contributed by atoms with Gasteiger partial charge in [-0.1, -0.05) is 13.0 Å². The molecule has 21 heavy (non-hydrogen) atoms. The molecule has 0 aromatic heterocycles. The summed E-state index contributed by atoms with van der Waals surface area (Å²) >= 11 is 0. The maximum absolute atomic E-state index is 11.9. The molecular formula is C17H29N3O. The first-order chi connectivity index (χ1) is 9.99. The first kappa shape index (κ1) is 17.5. The molecule has 4 heteroatoms. The third-order valence-corrected chi connectivity index (χ3v) is 3.64. The van der Waals surface area contributed by atoms with Crippen molar-refractivity contribution in [3.05, 3.63) is 29.3 Å². The summed E-state index contributed by atoms with van der Waals surface area (Å²) in [7, 11) is 3.59. The number of amides is 1. The van der Waals surface area contributed by atoms with Gasteiger partial charge in [-0.05, 0) is 50.1 Å². The van der Waals surface area contributed by atoms with E-state index >= 15 is 0 Å². The van der Waals surface area contributed by atoms with E-state index in [4.69, 9.17) is 0 Å². The van der Waals surface area contributed by atoms with Crippen LogP contribution in [0, 0.1) is 6.92 Å². The number of hydrogen-bond acceptors (Lipinski definition) is 3. The van der Waals surface area contributed by atoms with Gasteiger partial charge in [-0.25, -0.2) is 0 Å². The Morgan fingerprint density at radius 2 is 1.95 bits per heavy atom. The minimum atomic E-state index is 0.128. The van der Waals surface area contributed by atoms with Crippen molar-refractivity contribution < 1.29 is 4.79 Å². The molecule has 1 amide bonds. The number of rotatable bonds is 8. The van der Waals surface area contributed by atoms with Crippen LogP contribution in [0.3, 0.4) is 0 Å². The summed E-state index contributed by atoms with van der Waals surface area (Å²) in [6.07, 6.45) is 1.15. The van der Waals surface area contributed by atoms with Crippen LogP contribution in [-0.2, 0) is 11.3 Å². The van der Waals surface area contributed by atoms with E-state index in [0.29, 0.717) is 6.54 Å². The second kappa shape index (κ2) is 8.67. The number of carbonyl (C=O) groups is 1. The molecule has 0 fully saturated rings. The summed E-state index contributed by atoms with van der Waals surface area (Å²) < 4.78 is 0. The second-order valence-corrected chi connectivity index (χ2v) is 5.59. The molecule has 0 radical (unpaired) electrons. The molecule has 0 spiro atoms. The van der Waals surface area contributed by atoms with Gasteiger partial charge < -0.3 is 15.1 Å². The molecule has 118 valence electrons. The molecule has 0 atom stereocenters. The molecular weight excluding hydrogens is 262 g/mol. The average Bonchev–Trinajstić information content (AvgIpc) is 2.46. The Balaban J connectivity index is 2.77. The van der Waals surface area contributed by atoms with Crippen molar-refractivity contribution in [2.75, 3.05) is 38.6 Å². The first-order valence-electron chi connectivity index (χ1n) is 7.74. The zero-order chi connectivity index (χ0) is 15.8. The van der Waals surface area contributed by atoms with Gasteiger partial charge in [0.15, 0.2) is 0 Å². The molecule has 0 aliphatic heterocycles. The summed E-state index contributed by atoms with van der Waals surface area (Å²) in [4.78, 5) is 15.6. The van der Waals surface area contributed by atoms with E-state index < -0.39 is 0 Å². The average molecular weight is 291 g/mol. The minimum absolute atomic E-state index is 0.128. The lowest BCUT2D eigenvalue weighted by atomic mass is 10.1. The van der Waals surface area contributed by atoms with Crippen molar-refractivity contribution in [2.45, 2.75) is 33.7 Å². The fourth-order valence-electron chi connectivity index (χ4n) is 2.17. The van der Waals surface area contributed by atoms with E-state index in [9.17, 15) is 4.79 Å². The van der Waals surface area contributed by atoms with Crippen LogP contribution in [0.2, 0.25) is 0 Å². The van der Waals surface area contributed by atoms with Gasteiger partial charge in [0.2, 0.25) is 5.91 Å². The van der Waals surface area contributed by atoms with E-state index in [1.807, 2.05) is 0 Å². The number of nitrogens with one attached hydrogen (secondary N) is 1. The van der Waals surface area contributed by atoms with Crippen molar-refractivity contribution in [1.29, 1.82) is 0 Å². The molecule has 0 unspecified atom stereocenters. The number of aryl methyl sites for hydroxylation is 1. The Morgan fingerprint density at radius 3 is 2.48 bits per heavy atom. The number of anilines is 1. The second-order valence-electron chi connectivity index (χ2n) is 5.59. The van der Waals surface area contributed by atoms with E-state index in [0.717, 1.165) is 31.7 Å². The van der Waals surface area contributed by atoms with Crippen LogP contribution in [0.25, 0.3) is 0 Å². The highest BCUT2D eigenvalue weighted by Crippen LogP contribution is 2.19. The highest BCUT2D eigenvalue weighted by atomic mass is 16.2. The summed E-state index contributed by atoms with van der Waals surface area (Å²) in [5, 5.41) is 3.43. The number of benzene rings is 1. The van der Waals surface area contributed by atoms with Gasteiger partial charge in [-0.3, -0.25) is 4.79 Å². The van der Waals surface area contributed by atoms with Gasteiger partial charge in [0, 0.05) is 32.9 Å². The Kier molecular flexibility index (Phi) is 7.23. The summed E-state index contributed by atoms with van der Waals surface area (Å²) in [5.41, 5.74) is 3.71. The van der Waals surface area contributed by atoms with E-state index in [1.54, 1.807) is 19.0 Å². The molecule has 4 nitrogen and oxygen atoms in total. The molecule has 0 aliphatic carbocycles. The topological polar surface area (TPSA) is 35.6 Å². The third-order valence-electron chi connectivity index (χ3n) is 3.64. The molecule has 1 N–H and O–H groups in total. The van der Waals surface area contributed by atoms with Crippen LogP contribution in [0.15, 0.2) is 18.2 Å². The summed E-state index contributed by atoms with van der Waals surface area (Å²) in [6, 6.07) is 6.45. The predicted molar refractivity (Wildman–Crippen MR) is 89.8 cm³/mol. The predicted octanol–water partition coefficient (Wildman–Crippen LogP) is 2.41. The van der Waals surface area contributed by atoms with Gasteiger partial charge >= 0.3 is 0 Å². The van der Waals surface area contributed by atoms with Crippen LogP contribution in [0.4, 0.5) is 5.69 Å². The molecule has 1 aromatic rings. The fraction of sp³-hybridized carbons (Fsp3) is 0.588. The molecule has 0 saturated heterocycles. The lowest BCUT2D eigenvalue weighted by Crippen LogP contribution is -2.36. The summed E-state index contributed by atoms with van der Waals surface area (Å²) in [5.74, 6) is 0.128. The van der Waals surface area contributed by atoms with Crippen LogP contribution in [0.5, 0.6) is 0 Å². The molecule has 0 aliphatic rings. The Bertz CT molecular complexity index is 457. The quantitative estimate of drug-likeness (QED) is 0.747. The van der Waals surface area contributed by atoms with E-state index in [1.165, 1.54) is 11.1 Å². The van der Waals surface area contributed by atoms with Gasteiger partial charge in [0.1, 0.15) is 0 Å². The fourth-order valence-corrected chi connectivity index (χ4v) is 2.17. The van der Waals surface area contributed by atoms with Crippen molar-refractivity contribution >= 4 is 11.6 Å². The summed E-state index contributed by atoms with van der Waals surface area (Å²) in [6.45, 7) is 9.58. The Morgan fingerprint density at radius 1 is 1.24 bits per heavy atom. The van der Waals surface area contributed by atoms with Crippen molar-refractivity contribution in [3.63, 3.8) is 0 Å². The molecule has 0 saturated carbocycles. The number of likely N-dealkylation sites (N-methyl/N-ethyl adjacent to an activating group) is 2. The van der Waals surface area contributed by atoms with Gasteiger partial charge in [-0.2, -0.15) is 0 Å². The number of nitrogens with zero attached hydrogens (tertiary/aromatic N) is 2. The van der Waals surface area contributed by atoms with Crippen LogP contribution < -0.4 is 10.2 Å².